The van der Waals surface area contributed by atoms with Gasteiger partial charge in [0.05, 0.1) is 10.9 Å². The van der Waals surface area contributed by atoms with Gasteiger partial charge in [-0.15, -0.1) is 11.3 Å². The van der Waals surface area contributed by atoms with Crippen LogP contribution in [0.5, 0.6) is 0 Å². The van der Waals surface area contributed by atoms with Gasteiger partial charge in [-0.05, 0) is 61.0 Å². The molecule has 0 bridgehead atoms. The molecule has 3 aromatic rings. The Labute approximate surface area is 183 Å². The number of carboxylic acid groups (broad SMARTS) is 1. The van der Waals surface area contributed by atoms with Crippen molar-refractivity contribution in [3.63, 3.8) is 0 Å². The maximum atomic E-state index is 8.36. The Kier molecular flexibility index (Phi) is 9.46. The summed E-state index contributed by atoms with van der Waals surface area (Å²) >= 11 is 1.72. The van der Waals surface area contributed by atoms with E-state index in [1.807, 2.05) is 17.1 Å². The summed E-state index contributed by atoms with van der Waals surface area (Å²) in [7, 11) is 0. The van der Waals surface area contributed by atoms with Gasteiger partial charge in [0.25, 0.3) is 6.47 Å². The lowest BCUT2D eigenvalue weighted by molar-refractivity contribution is -0.122. The van der Waals surface area contributed by atoms with Crippen molar-refractivity contribution in [2.24, 2.45) is 11.8 Å². The van der Waals surface area contributed by atoms with Crippen molar-refractivity contribution in [3.05, 3.63) is 41.7 Å². The van der Waals surface area contributed by atoms with Crippen LogP contribution in [0.25, 0.3) is 15.9 Å². The van der Waals surface area contributed by atoms with Crippen LogP contribution in [0, 0.1) is 11.8 Å². The van der Waals surface area contributed by atoms with E-state index in [1.54, 1.807) is 11.3 Å². The van der Waals surface area contributed by atoms with Gasteiger partial charge in [0, 0.05) is 30.5 Å². The Morgan fingerprint density at radius 1 is 1.27 bits per heavy atom. The lowest BCUT2D eigenvalue weighted by Crippen LogP contribution is -2.36. The lowest BCUT2D eigenvalue weighted by atomic mass is 9.98. The van der Waals surface area contributed by atoms with Gasteiger partial charge in [-0.25, -0.2) is 9.67 Å². The number of rotatable bonds is 3. The smallest absolute Gasteiger partial charge is 0.290 e. The maximum absolute atomic E-state index is 8.36. The second-order valence-electron chi connectivity index (χ2n) is 8.45. The molecule has 4 heterocycles. The fraction of sp³-hybridized carbons (Fsp3) is 0.522. The van der Waals surface area contributed by atoms with Crippen molar-refractivity contribution in [1.82, 2.24) is 19.7 Å². The van der Waals surface area contributed by atoms with E-state index in [0.29, 0.717) is 6.04 Å². The molecule has 0 spiro atoms. The molecular formula is C23H34N4O2S. The van der Waals surface area contributed by atoms with Crippen LogP contribution in [-0.2, 0) is 4.79 Å². The summed E-state index contributed by atoms with van der Waals surface area (Å²) in [4.78, 5) is 15.5. The highest BCUT2D eigenvalue weighted by Crippen LogP contribution is 2.29. The average molecular weight is 431 g/mol. The van der Waals surface area contributed by atoms with E-state index in [0.717, 1.165) is 17.7 Å². The highest BCUT2D eigenvalue weighted by molar-refractivity contribution is 7.17. The molecule has 0 radical (unpaired) electrons. The molecule has 0 amide bonds. The number of likely N-dealkylation sites (tertiary alicyclic amines) is 1. The van der Waals surface area contributed by atoms with Crippen LogP contribution in [0.1, 0.15) is 59.1 Å². The van der Waals surface area contributed by atoms with E-state index in [4.69, 9.17) is 9.90 Å². The first-order chi connectivity index (χ1) is 14.4. The SMILES string of the molecule is CC(C)C.CC1CCCN(C(C)c2cnn(-c3nccc4ccsc34)c2)C1.O=CO. The summed E-state index contributed by atoms with van der Waals surface area (Å²) < 4.78 is 3.12. The van der Waals surface area contributed by atoms with Crippen molar-refractivity contribution in [2.45, 2.75) is 53.5 Å². The van der Waals surface area contributed by atoms with Crippen LogP contribution in [0.2, 0.25) is 0 Å². The topological polar surface area (TPSA) is 71.2 Å². The van der Waals surface area contributed by atoms with E-state index in [1.165, 1.54) is 41.6 Å². The molecule has 1 N–H and O–H groups in total. The van der Waals surface area contributed by atoms with Crippen molar-refractivity contribution in [3.8, 4) is 5.82 Å². The number of hydrogen-bond donors (Lipinski definition) is 1. The Bertz CT molecular complexity index is 903. The van der Waals surface area contributed by atoms with Gasteiger partial charge in [-0.2, -0.15) is 5.10 Å². The number of pyridine rings is 1. The summed E-state index contributed by atoms with van der Waals surface area (Å²) in [5.74, 6) is 2.56. The molecule has 2 atom stereocenters. The normalized spacial score (nSPS) is 17.6. The molecule has 2 unspecified atom stereocenters. The summed E-state index contributed by atoms with van der Waals surface area (Å²) in [6, 6.07) is 4.60. The number of piperidine rings is 1. The summed E-state index contributed by atoms with van der Waals surface area (Å²) in [6.07, 6.45) is 8.66. The van der Waals surface area contributed by atoms with Crippen LogP contribution in [0.4, 0.5) is 0 Å². The molecule has 1 aliphatic rings. The number of carbonyl (C=O) groups is 1. The molecule has 3 aromatic heterocycles. The number of nitrogens with zero attached hydrogens (tertiary/aromatic N) is 4. The fourth-order valence-corrected chi connectivity index (χ4v) is 4.37. The predicted molar refractivity (Wildman–Crippen MR) is 124 cm³/mol. The average Bonchev–Trinajstić information content (AvgIpc) is 3.37. The van der Waals surface area contributed by atoms with Crippen LogP contribution in [0.15, 0.2) is 36.1 Å². The number of fused-ring (bicyclic) bond motifs is 1. The van der Waals surface area contributed by atoms with E-state index < -0.39 is 0 Å². The van der Waals surface area contributed by atoms with Crippen molar-refractivity contribution < 1.29 is 9.90 Å². The van der Waals surface area contributed by atoms with Crippen LogP contribution in [-0.4, -0.2) is 44.3 Å². The standard InChI is InChI=1S/C18H22N4S.C4H10.CH2O2/c1-13-4-3-8-21(11-13)14(2)16-10-20-22(12-16)18-17-15(5-7-19-18)6-9-23-17;1-4(2)3;2-1-3/h5-7,9-10,12-14H,3-4,8,11H2,1-2H3;4H,1-3H3;1H,(H,2,3). The van der Waals surface area contributed by atoms with Gasteiger partial charge >= 0.3 is 0 Å². The molecule has 1 aliphatic heterocycles. The Morgan fingerprint density at radius 2 is 1.97 bits per heavy atom. The van der Waals surface area contributed by atoms with Gasteiger partial charge in [-0.3, -0.25) is 9.69 Å². The third kappa shape index (κ3) is 6.64. The molecule has 4 rings (SSSR count). The summed E-state index contributed by atoms with van der Waals surface area (Å²) in [5, 5.41) is 14.8. The Balaban J connectivity index is 0.000000403. The minimum atomic E-state index is -0.250. The molecule has 30 heavy (non-hydrogen) atoms. The highest BCUT2D eigenvalue weighted by atomic mass is 32.1. The van der Waals surface area contributed by atoms with E-state index in [2.05, 4.69) is 73.3 Å². The third-order valence-corrected chi connectivity index (χ3v) is 5.81. The molecule has 1 fully saturated rings. The van der Waals surface area contributed by atoms with Gasteiger partial charge in [0.1, 0.15) is 0 Å². The number of thiophene rings is 1. The van der Waals surface area contributed by atoms with Crippen molar-refractivity contribution >= 4 is 27.9 Å². The van der Waals surface area contributed by atoms with Crippen molar-refractivity contribution in [2.75, 3.05) is 13.1 Å². The molecule has 1 saturated heterocycles. The molecular weight excluding hydrogens is 396 g/mol. The van der Waals surface area contributed by atoms with E-state index >= 15 is 0 Å². The predicted octanol–water partition coefficient (Wildman–Crippen LogP) is 5.64. The zero-order valence-electron chi connectivity index (χ0n) is 18.7. The minimum absolute atomic E-state index is 0.250. The van der Waals surface area contributed by atoms with Crippen LogP contribution >= 0.6 is 11.3 Å². The zero-order chi connectivity index (χ0) is 22.1. The molecule has 0 saturated carbocycles. The molecule has 0 aliphatic carbocycles. The quantitative estimate of drug-likeness (QED) is 0.545. The van der Waals surface area contributed by atoms with Gasteiger partial charge in [-0.1, -0.05) is 27.7 Å². The lowest BCUT2D eigenvalue weighted by Gasteiger charge is -2.35. The second-order valence-corrected chi connectivity index (χ2v) is 9.36. The first-order valence-electron chi connectivity index (χ1n) is 10.6. The largest absolute Gasteiger partial charge is 0.483 e. The molecule has 6 nitrogen and oxygen atoms in total. The first kappa shape index (κ1) is 24.0. The summed E-state index contributed by atoms with van der Waals surface area (Å²) in [5.41, 5.74) is 1.27. The van der Waals surface area contributed by atoms with E-state index in [-0.39, 0.29) is 6.47 Å². The van der Waals surface area contributed by atoms with Gasteiger partial charge in [0.15, 0.2) is 5.82 Å². The van der Waals surface area contributed by atoms with Crippen LogP contribution in [0.3, 0.4) is 0 Å². The third-order valence-electron chi connectivity index (χ3n) is 4.89. The second kappa shape index (κ2) is 11.8. The first-order valence-corrected chi connectivity index (χ1v) is 11.4. The van der Waals surface area contributed by atoms with Crippen molar-refractivity contribution in [1.29, 1.82) is 0 Å². The van der Waals surface area contributed by atoms with Gasteiger partial charge < -0.3 is 5.11 Å². The molecule has 0 aromatic carbocycles. The van der Waals surface area contributed by atoms with Crippen LogP contribution < -0.4 is 0 Å². The maximum Gasteiger partial charge on any atom is 0.290 e. The minimum Gasteiger partial charge on any atom is -0.483 e. The number of hydrogen-bond acceptors (Lipinski definition) is 5. The zero-order valence-corrected chi connectivity index (χ0v) is 19.5. The molecule has 164 valence electrons. The van der Waals surface area contributed by atoms with Gasteiger partial charge in [0.2, 0.25) is 0 Å². The molecule has 7 heteroatoms. The monoisotopic (exact) mass is 430 g/mol. The van der Waals surface area contributed by atoms with E-state index in [9.17, 15) is 0 Å². The highest BCUT2D eigenvalue weighted by Gasteiger charge is 2.23. The Morgan fingerprint density at radius 3 is 2.63 bits per heavy atom. The fourth-order valence-electron chi connectivity index (χ4n) is 3.50. The number of aromatic nitrogens is 3. The summed E-state index contributed by atoms with van der Waals surface area (Å²) in [6.45, 7) is 13.3. The Hall–Kier alpha value is -2.25.